The smallest absolute Gasteiger partial charge is 0.345 e. The summed E-state index contributed by atoms with van der Waals surface area (Å²) in [4.78, 5) is 6.64. The Bertz CT molecular complexity index is 446. The molecule has 0 spiro atoms. The van der Waals surface area contributed by atoms with Crippen LogP contribution < -0.4 is 0 Å². The average Bonchev–Trinajstić information content (AvgIpc) is 2.69. The molecule has 0 amide bonds. The highest BCUT2D eigenvalue weighted by molar-refractivity contribution is 5.56. The lowest BCUT2D eigenvalue weighted by atomic mass is 10.1. The molecule has 0 radical (unpaired) electrons. The van der Waals surface area contributed by atoms with Crippen molar-refractivity contribution in [3.05, 3.63) is 42.2 Å². The van der Waals surface area contributed by atoms with E-state index >= 15 is 0 Å². The van der Waals surface area contributed by atoms with E-state index in [1.807, 2.05) is 0 Å². The second-order valence-electron chi connectivity index (χ2n) is 3.02. The van der Waals surface area contributed by atoms with Crippen LogP contribution in [0.15, 0.2) is 36.7 Å². The molecule has 0 atom stereocenters. The number of benzene rings is 1. The van der Waals surface area contributed by atoms with Crippen LogP contribution in [0, 0.1) is 0 Å². The van der Waals surface area contributed by atoms with Gasteiger partial charge in [-0.25, -0.2) is 4.98 Å². The van der Waals surface area contributed by atoms with Crippen LogP contribution in [0.1, 0.15) is 5.56 Å². The van der Waals surface area contributed by atoms with Crippen molar-refractivity contribution in [1.82, 2.24) is 9.97 Å². The first-order valence-electron chi connectivity index (χ1n) is 4.24. The van der Waals surface area contributed by atoms with Crippen molar-refractivity contribution in [3.8, 4) is 11.4 Å². The number of halogens is 3. The second-order valence-corrected chi connectivity index (χ2v) is 3.02. The Balaban J connectivity index is 2.44. The third-order valence-electron chi connectivity index (χ3n) is 1.96. The molecule has 0 saturated carbocycles. The number of hydrogen-bond acceptors (Lipinski definition) is 1. The fourth-order valence-corrected chi connectivity index (χ4v) is 1.27. The lowest BCUT2D eigenvalue weighted by Gasteiger charge is -2.07. The maximum Gasteiger partial charge on any atom is 0.416 e. The van der Waals surface area contributed by atoms with E-state index in [1.165, 1.54) is 12.3 Å². The highest BCUT2D eigenvalue weighted by Crippen LogP contribution is 2.31. The predicted octanol–water partition coefficient (Wildman–Crippen LogP) is 3.10. The van der Waals surface area contributed by atoms with Gasteiger partial charge in [-0.05, 0) is 12.1 Å². The number of H-pyrrole nitrogens is 1. The van der Waals surface area contributed by atoms with E-state index in [9.17, 15) is 13.2 Å². The summed E-state index contributed by atoms with van der Waals surface area (Å²) in [7, 11) is 0. The van der Waals surface area contributed by atoms with Gasteiger partial charge in [0.15, 0.2) is 0 Å². The van der Waals surface area contributed by atoms with Crippen LogP contribution >= 0.6 is 0 Å². The van der Waals surface area contributed by atoms with Gasteiger partial charge in [0.25, 0.3) is 0 Å². The third-order valence-corrected chi connectivity index (χ3v) is 1.96. The zero-order valence-electron chi connectivity index (χ0n) is 7.55. The Morgan fingerprint density at radius 3 is 2.60 bits per heavy atom. The number of aromatic amines is 1. The van der Waals surface area contributed by atoms with Gasteiger partial charge in [0.05, 0.1) is 5.56 Å². The van der Waals surface area contributed by atoms with Crippen molar-refractivity contribution in [3.63, 3.8) is 0 Å². The molecule has 0 aliphatic carbocycles. The molecule has 1 N–H and O–H groups in total. The van der Waals surface area contributed by atoms with Crippen molar-refractivity contribution in [2.45, 2.75) is 6.18 Å². The van der Waals surface area contributed by atoms with Crippen molar-refractivity contribution < 1.29 is 13.2 Å². The molecule has 0 bridgehead atoms. The maximum absolute atomic E-state index is 12.4. The van der Waals surface area contributed by atoms with E-state index < -0.39 is 11.7 Å². The molecule has 1 heterocycles. The van der Waals surface area contributed by atoms with Crippen LogP contribution in [0.4, 0.5) is 13.2 Å². The number of nitrogens with zero attached hydrogens (tertiary/aromatic N) is 1. The summed E-state index contributed by atoms with van der Waals surface area (Å²) in [6.07, 6.45) is -1.26. The summed E-state index contributed by atoms with van der Waals surface area (Å²) in [6.45, 7) is 0. The fraction of sp³-hybridized carbons (Fsp3) is 0.100. The van der Waals surface area contributed by atoms with Gasteiger partial charge in [0, 0.05) is 18.0 Å². The average molecular weight is 212 g/mol. The Morgan fingerprint density at radius 2 is 2.00 bits per heavy atom. The molecule has 2 rings (SSSR count). The van der Waals surface area contributed by atoms with Gasteiger partial charge in [0.1, 0.15) is 5.82 Å². The Morgan fingerprint density at radius 1 is 1.20 bits per heavy atom. The number of imidazole rings is 1. The molecule has 0 aliphatic heterocycles. The number of nitrogens with one attached hydrogen (secondary N) is 1. The number of rotatable bonds is 1. The minimum Gasteiger partial charge on any atom is -0.345 e. The largest absolute Gasteiger partial charge is 0.416 e. The predicted molar refractivity (Wildman–Crippen MR) is 49.0 cm³/mol. The standard InChI is InChI=1S/C10H7F3N2/c11-10(12,13)8-3-1-2-7(6-8)9-14-4-5-15-9/h1-6H,(H,14,15). The van der Waals surface area contributed by atoms with E-state index in [2.05, 4.69) is 9.97 Å². The third kappa shape index (κ3) is 2.01. The molecular weight excluding hydrogens is 205 g/mol. The topological polar surface area (TPSA) is 28.7 Å². The monoisotopic (exact) mass is 212 g/mol. The summed E-state index contributed by atoms with van der Waals surface area (Å²) in [5.41, 5.74) is -0.244. The molecule has 0 unspecified atom stereocenters. The van der Waals surface area contributed by atoms with Crippen LogP contribution in [0.25, 0.3) is 11.4 Å². The molecule has 0 fully saturated rings. The molecule has 1 aromatic carbocycles. The first-order chi connectivity index (χ1) is 7.07. The van der Waals surface area contributed by atoms with Crippen LogP contribution in [0.2, 0.25) is 0 Å². The molecule has 15 heavy (non-hydrogen) atoms. The molecule has 2 nitrogen and oxygen atoms in total. The minimum atomic E-state index is -4.32. The summed E-state index contributed by atoms with van der Waals surface area (Å²) in [5.74, 6) is 0.432. The second kappa shape index (κ2) is 3.42. The molecule has 1 aromatic heterocycles. The van der Waals surface area contributed by atoms with Crippen molar-refractivity contribution in [2.75, 3.05) is 0 Å². The van der Waals surface area contributed by atoms with Crippen molar-refractivity contribution >= 4 is 0 Å². The zero-order chi connectivity index (χ0) is 10.9. The number of alkyl halides is 3. The zero-order valence-corrected chi connectivity index (χ0v) is 7.55. The number of aromatic nitrogens is 2. The molecule has 0 aliphatic rings. The van der Waals surface area contributed by atoms with Gasteiger partial charge in [-0.3, -0.25) is 0 Å². The van der Waals surface area contributed by atoms with E-state index in [-0.39, 0.29) is 0 Å². The van der Waals surface area contributed by atoms with E-state index in [4.69, 9.17) is 0 Å². The fourth-order valence-electron chi connectivity index (χ4n) is 1.27. The van der Waals surface area contributed by atoms with Gasteiger partial charge < -0.3 is 4.98 Å². The Labute approximate surface area is 83.8 Å². The Kier molecular flexibility index (Phi) is 2.22. The van der Waals surface area contributed by atoms with Gasteiger partial charge in [-0.15, -0.1) is 0 Å². The van der Waals surface area contributed by atoms with Crippen LogP contribution in [-0.2, 0) is 6.18 Å². The summed E-state index contributed by atoms with van der Waals surface area (Å²) < 4.78 is 37.1. The highest BCUT2D eigenvalue weighted by Gasteiger charge is 2.30. The van der Waals surface area contributed by atoms with E-state index in [0.717, 1.165) is 12.1 Å². The first kappa shape index (κ1) is 9.76. The van der Waals surface area contributed by atoms with Crippen LogP contribution in [-0.4, -0.2) is 9.97 Å². The summed E-state index contributed by atoms with van der Waals surface area (Å²) in [5, 5.41) is 0. The van der Waals surface area contributed by atoms with Crippen LogP contribution in [0.3, 0.4) is 0 Å². The summed E-state index contributed by atoms with van der Waals surface area (Å²) >= 11 is 0. The highest BCUT2D eigenvalue weighted by atomic mass is 19.4. The van der Waals surface area contributed by atoms with Gasteiger partial charge in [0.2, 0.25) is 0 Å². The lowest BCUT2D eigenvalue weighted by molar-refractivity contribution is -0.137. The number of hydrogen-bond donors (Lipinski definition) is 1. The molecule has 2 aromatic rings. The van der Waals surface area contributed by atoms with Crippen molar-refractivity contribution in [2.24, 2.45) is 0 Å². The van der Waals surface area contributed by atoms with E-state index in [1.54, 1.807) is 12.3 Å². The Hall–Kier alpha value is -1.78. The minimum absolute atomic E-state index is 0.426. The van der Waals surface area contributed by atoms with Gasteiger partial charge in [-0.1, -0.05) is 12.1 Å². The van der Waals surface area contributed by atoms with Gasteiger partial charge in [-0.2, -0.15) is 13.2 Å². The van der Waals surface area contributed by atoms with E-state index in [0.29, 0.717) is 11.4 Å². The molecule has 0 saturated heterocycles. The SMILES string of the molecule is FC(F)(F)c1cccc(-c2ncc[nH]2)c1. The van der Waals surface area contributed by atoms with Crippen LogP contribution in [0.5, 0.6) is 0 Å². The normalized spacial score (nSPS) is 11.7. The molecule has 78 valence electrons. The lowest BCUT2D eigenvalue weighted by Crippen LogP contribution is -2.04. The maximum atomic E-state index is 12.4. The molecular formula is C10H7F3N2. The molecule has 5 heteroatoms. The van der Waals surface area contributed by atoms with Gasteiger partial charge >= 0.3 is 6.18 Å². The summed E-state index contributed by atoms with van der Waals surface area (Å²) in [6, 6.07) is 5.04. The first-order valence-corrected chi connectivity index (χ1v) is 4.24. The quantitative estimate of drug-likeness (QED) is 0.773. The van der Waals surface area contributed by atoms with Crippen molar-refractivity contribution in [1.29, 1.82) is 0 Å².